The van der Waals surface area contributed by atoms with Crippen LogP contribution in [0.1, 0.15) is 48.0 Å². The number of fused-ring (bicyclic) bond motifs is 1. The summed E-state index contributed by atoms with van der Waals surface area (Å²) in [5, 5.41) is 11.2. The lowest BCUT2D eigenvalue weighted by Crippen LogP contribution is -3.11. The van der Waals surface area contributed by atoms with Gasteiger partial charge in [-0.1, -0.05) is 0 Å². The first-order valence-electron chi connectivity index (χ1n) is 8.34. The Labute approximate surface area is 129 Å². The Morgan fingerprint density at radius 2 is 2.00 bits per heavy atom. The van der Waals surface area contributed by atoms with Crippen LogP contribution in [0.25, 0.3) is 11.0 Å². The van der Waals surface area contributed by atoms with Crippen LogP contribution in [0.3, 0.4) is 0 Å². The second-order valence-electron chi connectivity index (χ2n) is 6.71. The molecule has 4 nitrogen and oxygen atoms in total. The molecule has 1 aromatic carbocycles. The van der Waals surface area contributed by atoms with Crippen molar-refractivity contribution in [2.75, 3.05) is 13.1 Å². The molecule has 1 aliphatic carbocycles. The van der Waals surface area contributed by atoms with Gasteiger partial charge in [-0.3, -0.25) is 4.79 Å². The van der Waals surface area contributed by atoms with E-state index in [1.165, 1.54) is 24.2 Å². The highest BCUT2D eigenvalue weighted by Crippen LogP contribution is 2.37. The molecule has 2 fully saturated rings. The van der Waals surface area contributed by atoms with Crippen molar-refractivity contribution in [3.8, 4) is 5.75 Å². The van der Waals surface area contributed by atoms with Crippen LogP contribution < -0.4 is 4.90 Å². The quantitative estimate of drug-likeness (QED) is 0.852. The van der Waals surface area contributed by atoms with Gasteiger partial charge in [-0.2, -0.15) is 0 Å². The number of carbonyl (C=O) groups excluding carboxylic acids is 1. The number of hydrogen-bond donors (Lipinski definition) is 2. The van der Waals surface area contributed by atoms with Crippen LogP contribution in [0.4, 0.5) is 0 Å². The van der Waals surface area contributed by atoms with Crippen LogP contribution in [-0.4, -0.2) is 24.0 Å². The van der Waals surface area contributed by atoms with Crippen molar-refractivity contribution in [3.63, 3.8) is 0 Å². The Hall–Kier alpha value is -1.81. The molecule has 1 saturated carbocycles. The minimum atomic E-state index is 0.165. The maximum atomic E-state index is 12.5. The summed E-state index contributed by atoms with van der Waals surface area (Å²) in [4.78, 5) is 14.0. The average molecular weight is 300 g/mol. The van der Waals surface area contributed by atoms with Gasteiger partial charge >= 0.3 is 0 Å². The molecule has 116 valence electrons. The predicted octanol–water partition coefficient (Wildman–Crippen LogP) is 2.30. The first-order chi connectivity index (χ1) is 10.7. The highest BCUT2D eigenvalue weighted by Gasteiger charge is 2.33. The first kappa shape index (κ1) is 13.8. The van der Waals surface area contributed by atoms with Gasteiger partial charge in [0.25, 0.3) is 0 Å². The van der Waals surface area contributed by atoms with E-state index in [-0.39, 0.29) is 17.5 Å². The molecular formula is C18H22NO3+. The number of nitrogens with one attached hydrogen (secondary N) is 1. The molecule has 1 aromatic heterocycles. The molecule has 4 heteroatoms. The molecule has 1 aliphatic heterocycles. The second kappa shape index (κ2) is 5.43. The van der Waals surface area contributed by atoms with Crippen molar-refractivity contribution in [2.24, 2.45) is 5.92 Å². The van der Waals surface area contributed by atoms with Crippen LogP contribution in [0.2, 0.25) is 0 Å². The van der Waals surface area contributed by atoms with E-state index in [1.807, 2.05) is 0 Å². The number of carbonyl (C=O) groups is 1. The fourth-order valence-electron chi connectivity index (χ4n) is 3.59. The van der Waals surface area contributed by atoms with E-state index < -0.39 is 0 Å². The van der Waals surface area contributed by atoms with Gasteiger partial charge in [0.2, 0.25) is 0 Å². The van der Waals surface area contributed by atoms with Gasteiger partial charge in [0.1, 0.15) is 24.1 Å². The fourth-order valence-corrected chi connectivity index (χ4v) is 3.59. The van der Waals surface area contributed by atoms with E-state index in [1.54, 1.807) is 18.4 Å². The molecular weight excluding hydrogens is 278 g/mol. The molecule has 2 heterocycles. The van der Waals surface area contributed by atoms with Crippen LogP contribution in [0.5, 0.6) is 5.75 Å². The number of rotatable bonds is 4. The summed E-state index contributed by atoms with van der Waals surface area (Å²) in [5.74, 6) is 0.634. The van der Waals surface area contributed by atoms with E-state index in [0.29, 0.717) is 11.1 Å². The number of furan rings is 1. The second-order valence-corrected chi connectivity index (χ2v) is 6.71. The molecule has 0 spiro atoms. The predicted molar refractivity (Wildman–Crippen MR) is 83.2 cm³/mol. The molecule has 0 atom stereocenters. The summed E-state index contributed by atoms with van der Waals surface area (Å²) in [7, 11) is 0. The number of quaternary nitrogens is 1. The number of benzene rings is 1. The Morgan fingerprint density at radius 1 is 1.23 bits per heavy atom. The average Bonchev–Trinajstić information content (AvgIpc) is 3.30. The topological polar surface area (TPSA) is 54.9 Å². The Morgan fingerprint density at radius 3 is 2.73 bits per heavy atom. The number of likely N-dealkylation sites (tertiary alicyclic amines) is 1. The molecule has 22 heavy (non-hydrogen) atoms. The zero-order valence-electron chi connectivity index (χ0n) is 12.7. The van der Waals surface area contributed by atoms with E-state index in [2.05, 4.69) is 0 Å². The molecule has 0 amide bonds. The van der Waals surface area contributed by atoms with Crippen molar-refractivity contribution in [2.45, 2.75) is 38.6 Å². The van der Waals surface area contributed by atoms with Crippen LogP contribution >= 0.6 is 0 Å². The summed E-state index contributed by atoms with van der Waals surface area (Å²) >= 11 is 0. The molecule has 0 unspecified atom stereocenters. The third kappa shape index (κ3) is 2.41. The van der Waals surface area contributed by atoms with E-state index in [4.69, 9.17) is 4.42 Å². The molecule has 0 bridgehead atoms. The maximum Gasteiger partial charge on any atom is 0.169 e. The first-order valence-corrected chi connectivity index (χ1v) is 8.34. The fraction of sp³-hybridized carbons (Fsp3) is 0.500. The molecule has 1 saturated heterocycles. The van der Waals surface area contributed by atoms with Crippen molar-refractivity contribution in [3.05, 3.63) is 29.5 Å². The third-order valence-electron chi connectivity index (χ3n) is 5.02. The van der Waals surface area contributed by atoms with Crippen molar-refractivity contribution in [1.82, 2.24) is 0 Å². The summed E-state index contributed by atoms with van der Waals surface area (Å²) in [6.45, 7) is 3.05. The number of phenolic OH excluding ortho intramolecular Hbond substituents is 1. The molecule has 0 radical (unpaired) electrons. The minimum Gasteiger partial charge on any atom is -0.507 e. The zero-order valence-corrected chi connectivity index (χ0v) is 12.7. The lowest BCUT2D eigenvalue weighted by atomic mass is 9.99. The smallest absolute Gasteiger partial charge is 0.169 e. The van der Waals surface area contributed by atoms with Gasteiger partial charge in [-0.05, 0) is 44.2 Å². The highest BCUT2D eigenvalue weighted by atomic mass is 16.3. The molecule has 2 N–H and O–H groups in total. The Kier molecular flexibility index (Phi) is 3.41. The van der Waals surface area contributed by atoms with Gasteiger partial charge < -0.3 is 14.4 Å². The van der Waals surface area contributed by atoms with E-state index >= 15 is 0 Å². The number of aromatic hydroxyl groups is 1. The van der Waals surface area contributed by atoms with Gasteiger partial charge in [-0.25, -0.2) is 0 Å². The third-order valence-corrected chi connectivity index (χ3v) is 5.02. The summed E-state index contributed by atoms with van der Waals surface area (Å²) in [6, 6.07) is 3.46. The van der Waals surface area contributed by atoms with Gasteiger partial charge in [0, 0.05) is 11.3 Å². The van der Waals surface area contributed by atoms with Crippen molar-refractivity contribution >= 4 is 16.8 Å². The standard InChI is InChI=1S/C18H21NO3/c20-15-6-7-16-17(13(15)10-19-8-2-1-3-9-19)14(11-22-16)18(21)12-4-5-12/h6-7,11-12,20H,1-5,8-10H2/p+1. The van der Waals surface area contributed by atoms with Crippen LogP contribution in [0.15, 0.2) is 22.8 Å². The van der Waals surface area contributed by atoms with Crippen LogP contribution in [-0.2, 0) is 6.54 Å². The van der Waals surface area contributed by atoms with Gasteiger partial charge in [0.05, 0.1) is 24.2 Å². The summed E-state index contributed by atoms with van der Waals surface area (Å²) in [5.41, 5.74) is 2.26. The van der Waals surface area contributed by atoms with Crippen molar-refractivity contribution < 1.29 is 19.2 Å². The lowest BCUT2D eigenvalue weighted by molar-refractivity contribution is -0.918. The number of Topliss-reactive ketones (excluding diaryl/α,β-unsaturated/α-hetero) is 1. The lowest BCUT2D eigenvalue weighted by Gasteiger charge is -2.24. The van der Waals surface area contributed by atoms with E-state index in [0.717, 1.165) is 43.4 Å². The summed E-state index contributed by atoms with van der Waals surface area (Å²) in [6.07, 6.45) is 7.33. The monoisotopic (exact) mass is 300 g/mol. The number of piperidine rings is 1. The zero-order chi connectivity index (χ0) is 15.1. The van der Waals surface area contributed by atoms with Gasteiger partial charge in [0.15, 0.2) is 5.78 Å². The number of ketones is 1. The number of phenols is 1. The largest absolute Gasteiger partial charge is 0.507 e. The minimum absolute atomic E-state index is 0.165. The maximum absolute atomic E-state index is 12.5. The van der Waals surface area contributed by atoms with Gasteiger partial charge in [-0.15, -0.1) is 0 Å². The Bertz CT molecular complexity index is 708. The number of hydrogen-bond acceptors (Lipinski definition) is 3. The van der Waals surface area contributed by atoms with Crippen molar-refractivity contribution in [1.29, 1.82) is 0 Å². The molecule has 2 aliphatic rings. The normalized spacial score (nSPS) is 19.6. The van der Waals surface area contributed by atoms with E-state index in [9.17, 15) is 9.90 Å². The SMILES string of the molecule is O=C(c1coc2ccc(O)c(C[NH+]3CCCCC3)c12)C1CC1. The molecule has 2 aromatic rings. The summed E-state index contributed by atoms with van der Waals surface area (Å²) < 4.78 is 5.59. The highest BCUT2D eigenvalue weighted by molar-refractivity contribution is 6.10. The molecule has 4 rings (SSSR count). The van der Waals surface area contributed by atoms with Crippen LogP contribution in [0, 0.1) is 5.92 Å². The Balaban J connectivity index is 1.75.